The summed E-state index contributed by atoms with van der Waals surface area (Å²) >= 11 is 0. The zero-order chi connectivity index (χ0) is 22.7. The first-order valence-electron chi connectivity index (χ1n) is 10.9. The quantitative estimate of drug-likeness (QED) is 0.578. The maximum absolute atomic E-state index is 13.0. The van der Waals surface area contributed by atoms with Crippen LogP contribution in [0.25, 0.3) is 11.1 Å². The van der Waals surface area contributed by atoms with Gasteiger partial charge in [-0.05, 0) is 65.8 Å². The van der Waals surface area contributed by atoms with Crippen LogP contribution in [0.5, 0.6) is 0 Å². The largest absolute Gasteiger partial charge is 0.322 e. The van der Waals surface area contributed by atoms with Crippen molar-refractivity contribution in [1.82, 2.24) is 4.31 Å². The number of rotatable bonds is 5. The summed E-state index contributed by atoms with van der Waals surface area (Å²) in [5.74, 6) is 0.458. The first-order chi connectivity index (χ1) is 15.3. The van der Waals surface area contributed by atoms with E-state index in [1.165, 1.54) is 0 Å². The number of nitrogens with one attached hydrogen (secondary N) is 1. The highest BCUT2D eigenvalue weighted by Gasteiger charge is 2.31. The molecule has 1 amide bonds. The average Bonchev–Trinajstić information content (AvgIpc) is 2.79. The smallest absolute Gasteiger partial charge is 0.255 e. The molecule has 5 nitrogen and oxygen atoms in total. The van der Waals surface area contributed by atoms with Gasteiger partial charge in [-0.25, -0.2) is 8.42 Å². The van der Waals surface area contributed by atoms with Crippen LogP contribution >= 0.6 is 0 Å². The van der Waals surface area contributed by atoms with Gasteiger partial charge in [0.1, 0.15) is 0 Å². The molecule has 166 valence electrons. The molecule has 0 aliphatic carbocycles. The van der Waals surface area contributed by atoms with Crippen LogP contribution in [0.2, 0.25) is 0 Å². The number of carbonyl (C=O) groups is 1. The molecule has 1 heterocycles. The molecule has 1 saturated heterocycles. The molecule has 6 heteroatoms. The van der Waals surface area contributed by atoms with Gasteiger partial charge in [0.05, 0.1) is 4.90 Å². The van der Waals surface area contributed by atoms with Gasteiger partial charge in [0.25, 0.3) is 5.91 Å². The van der Waals surface area contributed by atoms with E-state index < -0.39 is 10.0 Å². The molecule has 0 unspecified atom stereocenters. The third-order valence-corrected chi connectivity index (χ3v) is 7.69. The van der Waals surface area contributed by atoms with Gasteiger partial charge in [-0.2, -0.15) is 4.31 Å². The molecular formula is C26H28N2O3S. The van der Waals surface area contributed by atoms with Crippen molar-refractivity contribution in [3.63, 3.8) is 0 Å². The van der Waals surface area contributed by atoms with Gasteiger partial charge in [-0.15, -0.1) is 0 Å². The van der Waals surface area contributed by atoms with Crippen molar-refractivity contribution < 1.29 is 13.2 Å². The summed E-state index contributed by atoms with van der Waals surface area (Å²) in [7, 11) is -3.54. The Morgan fingerprint density at radius 2 is 1.38 bits per heavy atom. The lowest BCUT2D eigenvalue weighted by Gasteiger charge is -2.34. The van der Waals surface area contributed by atoms with Gasteiger partial charge in [-0.1, -0.05) is 56.3 Å². The molecule has 0 bridgehead atoms. The lowest BCUT2D eigenvalue weighted by molar-refractivity contribution is 0.102. The summed E-state index contributed by atoms with van der Waals surface area (Å²) in [5.41, 5.74) is 3.23. The van der Waals surface area contributed by atoms with Crippen molar-refractivity contribution in [1.29, 1.82) is 0 Å². The Balaban J connectivity index is 1.44. The Hall–Kier alpha value is -2.96. The van der Waals surface area contributed by atoms with Crippen LogP contribution < -0.4 is 5.32 Å². The number of anilines is 1. The first kappa shape index (κ1) is 22.2. The highest BCUT2D eigenvalue weighted by Crippen LogP contribution is 2.27. The topological polar surface area (TPSA) is 66.5 Å². The molecule has 2 atom stereocenters. The van der Waals surface area contributed by atoms with Crippen LogP contribution in [0, 0.1) is 11.8 Å². The maximum atomic E-state index is 13.0. The molecule has 32 heavy (non-hydrogen) atoms. The van der Waals surface area contributed by atoms with Crippen LogP contribution in [0.1, 0.15) is 30.6 Å². The van der Waals surface area contributed by atoms with Gasteiger partial charge in [0, 0.05) is 24.3 Å². The fraction of sp³-hybridized carbons (Fsp3) is 0.269. The molecule has 3 aromatic carbocycles. The highest BCUT2D eigenvalue weighted by atomic mass is 32.2. The summed E-state index contributed by atoms with van der Waals surface area (Å²) in [6.45, 7) is 5.26. The van der Waals surface area contributed by atoms with Crippen molar-refractivity contribution in [3.8, 4) is 11.1 Å². The zero-order valence-electron chi connectivity index (χ0n) is 18.4. The van der Waals surface area contributed by atoms with Crippen molar-refractivity contribution >= 4 is 21.6 Å². The van der Waals surface area contributed by atoms with E-state index in [9.17, 15) is 13.2 Å². The van der Waals surface area contributed by atoms with Crippen molar-refractivity contribution in [2.24, 2.45) is 11.8 Å². The van der Waals surface area contributed by atoms with Crippen LogP contribution in [-0.4, -0.2) is 31.7 Å². The summed E-state index contributed by atoms with van der Waals surface area (Å²) in [6, 6.07) is 23.8. The number of sulfonamides is 1. The molecule has 1 aliphatic heterocycles. The Morgan fingerprint density at radius 3 is 1.97 bits per heavy atom. The molecule has 1 fully saturated rings. The lowest BCUT2D eigenvalue weighted by atomic mass is 9.94. The molecule has 4 rings (SSSR count). The van der Waals surface area contributed by atoms with Gasteiger partial charge >= 0.3 is 0 Å². The maximum Gasteiger partial charge on any atom is 0.255 e. The van der Waals surface area contributed by atoms with E-state index in [4.69, 9.17) is 0 Å². The second-order valence-corrected chi connectivity index (χ2v) is 10.6. The van der Waals surface area contributed by atoms with E-state index in [0.717, 1.165) is 17.5 Å². The van der Waals surface area contributed by atoms with E-state index in [0.29, 0.717) is 36.2 Å². The van der Waals surface area contributed by atoms with E-state index >= 15 is 0 Å². The number of nitrogens with zero attached hydrogens (tertiary/aromatic N) is 1. The van der Waals surface area contributed by atoms with E-state index in [2.05, 4.69) is 19.2 Å². The molecule has 0 aromatic heterocycles. The molecule has 3 aromatic rings. The van der Waals surface area contributed by atoms with Crippen molar-refractivity contribution in [3.05, 3.63) is 84.4 Å². The second kappa shape index (κ2) is 9.27. The number of piperidine rings is 1. The molecule has 0 spiro atoms. The fourth-order valence-electron chi connectivity index (χ4n) is 4.31. The summed E-state index contributed by atoms with van der Waals surface area (Å²) in [5, 5.41) is 2.84. The minimum atomic E-state index is -3.54. The predicted octanol–water partition coefficient (Wildman–Crippen LogP) is 5.27. The number of hydrogen-bond acceptors (Lipinski definition) is 3. The van der Waals surface area contributed by atoms with Crippen LogP contribution in [0.4, 0.5) is 5.69 Å². The number of hydrogen-bond donors (Lipinski definition) is 1. The van der Waals surface area contributed by atoms with Crippen molar-refractivity contribution in [2.75, 3.05) is 18.4 Å². The molecule has 0 radical (unpaired) electrons. The SMILES string of the molecule is C[C@H]1C[C@H](C)CN(S(=O)(=O)c2ccc(NC(=O)c3ccc(-c4ccccc4)cc3)cc2)C1. The third kappa shape index (κ3) is 4.92. The number of carbonyl (C=O) groups excluding carboxylic acids is 1. The standard InChI is InChI=1S/C26H28N2O3S/c1-19-16-20(2)18-28(17-19)32(30,31)25-14-12-24(13-15-25)27-26(29)23-10-8-22(9-11-23)21-6-4-3-5-7-21/h3-15,19-20H,16-18H2,1-2H3,(H,27,29)/t19-,20-/m0/s1. The van der Waals surface area contributed by atoms with E-state index in [1.54, 1.807) is 40.7 Å². The van der Waals surface area contributed by atoms with E-state index in [1.807, 2.05) is 42.5 Å². The normalized spacial score (nSPS) is 19.4. The number of benzene rings is 3. The first-order valence-corrected chi connectivity index (χ1v) is 12.3. The molecular weight excluding hydrogens is 420 g/mol. The van der Waals surface area contributed by atoms with Crippen LogP contribution in [-0.2, 0) is 10.0 Å². The molecule has 1 aliphatic rings. The Morgan fingerprint density at radius 1 is 0.812 bits per heavy atom. The Kier molecular flexibility index (Phi) is 6.44. The van der Waals surface area contributed by atoms with Gasteiger partial charge in [0.15, 0.2) is 0 Å². The fourth-order valence-corrected chi connectivity index (χ4v) is 5.99. The Labute approximate surface area is 190 Å². The zero-order valence-corrected chi connectivity index (χ0v) is 19.2. The third-order valence-electron chi connectivity index (χ3n) is 5.84. The van der Waals surface area contributed by atoms with Gasteiger partial charge in [-0.3, -0.25) is 4.79 Å². The van der Waals surface area contributed by atoms with Crippen molar-refractivity contribution in [2.45, 2.75) is 25.2 Å². The average molecular weight is 449 g/mol. The highest BCUT2D eigenvalue weighted by molar-refractivity contribution is 7.89. The van der Waals surface area contributed by atoms with Crippen LogP contribution in [0.3, 0.4) is 0 Å². The predicted molar refractivity (Wildman–Crippen MR) is 128 cm³/mol. The molecule has 1 N–H and O–H groups in total. The summed E-state index contributed by atoms with van der Waals surface area (Å²) in [6.07, 6.45) is 1.04. The van der Waals surface area contributed by atoms with Crippen LogP contribution in [0.15, 0.2) is 83.8 Å². The summed E-state index contributed by atoms with van der Waals surface area (Å²) in [4.78, 5) is 12.9. The summed E-state index contributed by atoms with van der Waals surface area (Å²) < 4.78 is 27.6. The Bertz CT molecular complexity index is 1160. The minimum Gasteiger partial charge on any atom is -0.322 e. The van der Waals surface area contributed by atoms with Gasteiger partial charge in [0.2, 0.25) is 10.0 Å². The lowest BCUT2D eigenvalue weighted by Crippen LogP contribution is -2.42. The number of amides is 1. The molecule has 0 saturated carbocycles. The minimum absolute atomic E-state index is 0.237. The monoisotopic (exact) mass is 448 g/mol. The second-order valence-electron chi connectivity index (χ2n) is 8.69. The van der Waals surface area contributed by atoms with E-state index in [-0.39, 0.29) is 10.8 Å². The van der Waals surface area contributed by atoms with Gasteiger partial charge < -0.3 is 5.32 Å².